The van der Waals surface area contributed by atoms with Crippen LogP contribution in [0.2, 0.25) is 0 Å². The Morgan fingerprint density at radius 1 is 1.00 bits per heavy atom. The normalized spacial score (nSPS) is 13.1. The highest BCUT2D eigenvalue weighted by Gasteiger charge is 2.29. The lowest BCUT2D eigenvalue weighted by atomic mass is 10.1. The molecule has 0 aromatic heterocycles. The molecule has 1 amide bonds. The SMILES string of the molecule is CCN1C(=O)c2ccc(Sc3ccc(C)cc3)c3cccc1c23. The molecular weight excluding hydrogens is 302 g/mol. The summed E-state index contributed by atoms with van der Waals surface area (Å²) in [6, 6.07) is 18.8. The summed E-state index contributed by atoms with van der Waals surface area (Å²) in [6.07, 6.45) is 0. The predicted octanol–water partition coefficient (Wildman–Crippen LogP) is 5.28. The van der Waals surface area contributed by atoms with Crippen molar-refractivity contribution >= 4 is 34.1 Å². The molecule has 23 heavy (non-hydrogen) atoms. The Morgan fingerprint density at radius 2 is 1.78 bits per heavy atom. The van der Waals surface area contributed by atoms with E-state index in [4.69, 9.17) is 0 Å². The molecule has 0 bridgehead atoms. The number of carbonyl (C=O) groups excluding carboxylic acids is 1. The smallest absolute Gasteiger partial charge is 0.258 e. The van der Waals surface area contributed by atoms with E-state index in [1.165, 1.54) is 15.4 Å². The molecule has 0 fully saturated rings. The number of hydrogen-bond donors (Lipinski definition) is 0. The van der Waals surface area contributed by atoms with Crippen molar-refractivity contribution in [2.45, 2.75) is 23.6 Å². The molecule has 0 saturated carbocycles. The molecule has 3 heteroatoms. The van der Waals surface area contributed by atoms with E-state index in [0.29, 0.717) is 6.54 Å². The summed E-state index contributed by atoms with van der Waals surface area (Å²) in [5.41, 5.74) is 3.13. The second-order valence-electron chi connectivity index (χ2n) is 5.78. The number of carbonyl (C=O) groups is 1. The van der Waals surface area contributed by atoms with Crippen LogP contribution < -0.4 is 4.90 Å². The van der Waals surface area contributed by atoms with E-state index < -0.39 is 0 Å². The molecule has 1 aliphatic heterocycles. The Kier molecular flexibility index (Phi) is 3.38. The molecule has 0 N–H and O–H groups in total. The number of hydrogen-bond acceptors (Lipinski definition) is 2. The Morgan fingerprint density at radius 3 is 2.52 bits per heavy atom. The van der Waals surface area contributed by atoms with E-state index in [0.717, 1.165) is 22.0 Å². The van der Waals surface area contributed by atoms with Gasteiger partial charge in [0, 0.05) is 27.3 Å². The van der Waals surface area contributed by atoms with Gasteiger partial charge in [0.25, 0.3) is 5.91 Å². The number of nitrogens with zero attached hydrogens (tertiary/aromatic N) is 1. The minimum absolute atomic E-state index is 0.116. The van der Waals surface area contributed by atoms with Crippen molar-refractivity contribution in [1.82, 2.24) is 0 Å². The molecular formula is C20H17NOS. The Hall–Kier alpha value is -2.26. The van der Waals surface area contributed by atoms with Crippen LogP contribution in [-0.4, -0.2) is 12.5 Å². The lowest BCUT2D eigenvalue weighted by Crippen LogP contribution is -2.25. The molecule has 3 aromatic carbocycles. The van der Waals surface area contributed by atoms with Crippen LogP contribution in [0.15, 0.2) is 64.4 Å². The van der Waals surface area contributed by atoms with Crippen LogP contribution >= 0.6 is 11.8 Å². The molecule has 3 aromatic rings. The van der Waals surface area contributed by atoms with Gasteiger partial charge in [-0.25, -0.2) is 0 Å². The first kappa shape index (κ1) is 14.3. The maximum atomic E-state index is 12.5. The van der Waals surface area contributed by atoms with Crippen molar-refractivity contribution in [1.29, 1.82) is 0 Å². The van der Waals surface area contributed by atoms with Crippen molar-refractivity contribution < 1.29 is 4.79 Å². The molecule has 0 saturated heterocycles. The fourth-order valence-corrected chi connectivity index (χ4v) is 4.10. The van der Waals surface area contributed by atoms with Gasteiger partial charge < -0.3 is 4.90 Å². The number of anilines is 1. The number of amides is 1. The van der Waals surface area contributed by atoms with Crippen molar-refractivity contribution in [2.75, 3.05) is 11.4 Å². The quantitative estimate of drug-likeness (QED) is 0.654. The molecule has 1 aliphatic rings. The lowest BCUT2D eigenvalue weighted by Gasteiger charge is -2.14. The van der Waals surface area contributed by atoms with Gasteiger partial charge in [-0.3, -0.25) is 4.79 Å². The van der Waals surface area contributed by atoms with E-state index in [-0.39, 0.29) is 5.91 Å². The van der Waals surface area contributed by atoms with Gasteiger partial charge in [-0.1, -0.05) is 41.6 Å². The molecule has 0 spiro atoms. The monoisotopic (exact) mass is 319 g/mol. The minimum Gasteiger partial charge on any atom is -0.308 e. The minimum atomic E-state index is 0.116. The highest BCUT2D eigenvalue weighted by atomic mass is 32.2. The second kappa shape index (κ2) is 5.43. The molecule has 4 rings (SSSR count). The summed E-state index contributed by atoms with van der Waals surface area (Å²) in [5, 5.41) is 2.26. The van der Waals surface area contributed by atoms with Crippen LogP contribution in [0.3, 0.4) is 0 Å². The maximum absolute atomic E-state index is 12.5. The summed E-state index contributed by atoms with van der Waals surface area (Å²) >= 11 is 1.75. The van der Waals surface area contributed by atoms with E-state index in [1.54, 1.807) is 11.8 Å². The summed E-state index contributed by atoms with van der Waals surface area (Å²) in [4.78, 5) is 16.8. The van der Waals surface area contributed by atoms with E-state index in [1.807, 2.05) is 30.0 Å². The summed E-state index contributed by atoms with van der Waals surface area (Å²) < 4.78 is 0. The predicted molar refractivity (Wildman–Crippen MR) is 96.6 cm³/mol. The average Bonchev–Trinajstić information content (AvgIpc) is 2.85. The van der Waals surface area contributed by atoms with Crippen LogP contribution in [0.5, 0.6) is 0 Å². The van der Waals surface area contributed by atoms with Gasteiger partial charge in [0.1, 0.15) is 0 Å². The molecule has 2 nitrogen and oxygen atoms in total. The molecule has 1 heterocycles. The Bertz CT molecular complexity index is 915. The van der Waals surface area contributed by atoms with E-state index >= 15 is 0 Å². The summed E-state index contributed by atoms with van der Waals surface area (Å²) in [6.45, 7) is 4.82. The summed E-state index contributed by atoms with van der Waals surface area (Å²) in [7, 11) is 0. The third-order valence-corrected chi connectivity index (χ3v) is 5.39. The van der Waals surface area contributed by atoms with Gasteiger partial charge in [0.15, 0.2) is 0 Å². The third-order valence-electron chi connectivity index (χ3n) is 4.31. The standard InChI is InChI=1S/C20H17NOS/c1-3-21-17-6-4-5-15-18(12-11-16(19(15)17)20(21)22)23-14-9-7-13(2)8-10-14/h4-12H,3H2,1-2H3. The number of aryl methyl sites for hydroxylation is 1. The van der Waals surface area contributed by atoms with Gasteiger partial charge in [-0.2, -0.15) is 0 Å². The fourth-order valence-electron chi connectivity index (χ4n) is 3.15. The van der Waals surface area contributed by atoms with Gasteiger partial charge in [0.2, 0.25) is 0 Å². The van der Waals surface area contributed by atoms with Crippen LogP contribution in [-0.2, 0) is 0 Å². The Balaban J connectivity index is 1.86. The average molecular weight is 319 g/mol. The van der Waals surface area contributed by atoms with Crippen LogP contribution in [0.4, 0.5) is 5.69 Å². The largest absolute Gasteiger partial charge is 0.308 e. The molecule has 0 radical (unpaired) electrons. The van der Waals surface area contributed by atoms with Crippen molar-refractivity contribution in [3.05, 3.63) is 65.7 Å². The van der Waals surface area contributed by atoms with Crippen molar-refractivity contribution in [3.63, 3.8) is 0 Å². The second-order valence-corrected chi connectivity index (χ2v) is 6.89. The van der Waals surface area contributed by atoms with Gasteiger partial charge in [0.05, 0.1) is 5.69 Å². The van der Waals surface area contributed by atoms with E-state index in [9.17, 15) is 4.79 Å². The zero-order valence-electron chi connectivity index (χ0n) is 13.2. The first-order chi connectivity index (χ1) is 11.2. The van der Waals surface area contributed by atoms with E-state index in [2.05, 4.69) is 43.3 Å². The van der Waals surface area contributed by atoms with Gasteiger partial charge in [-0.15, -0.1) is 0 Å². The molecule has 0 aliphatic carbocycles. The first-order valence-corrected chi connectivity index (χ1v) is 8.63. The lowest BCUT2D eigenvalue weighted by molar-refractivity contribution is 0.0994. The van der Waals surface area contributed by atoms with Crippen molar-refractivity contribution in [2.24, 2.45) is 0 Å². The van der Waals surface area contributed by atoms with Crippen molar-refractivity contribution in [3.8, 4) is 0 Å². The Labute approximate surface area is 140 Å². The first-order valence-electron chi connectivity index (χ1n) is 7.81. The van der Waals surface area contributed by atoms with Crippen LogP contribution in [0, 0.1) is 6.92 Å². The van der Waals surface area contributed by atoms with Gasteiger partial charge >= 0.3 is 0 Å². The highest BCUT2D eigenvalue weighted by molar-refractivity contribution is 7.99. The van der Waals surface area contributed by atoms with Gasteiger partial charge in [-0.05, 0) is 49.6 Å². The zero-order valence-corrected chi connectivity index (χ0v) is 14.0. The molecule has 0 unspecified atom stereocenters. The van der Waals surface area contributed by atoms with Crippen LogP contribution in [0.25, 0.3) is 10.8 Å². The third kappa shape index (κ3) is 2.23. The maximum Gasteiger partial charge on any atom is 0.258 e. The highest BCUT2D eigenvalue weighted by Crippen LogP contribution is 2.42. The number of benzene rings is 3. The topological polar surface area (TPSA) is 20.3 Å². The van der Waals surface area contributed by atoms with Crippen LogP contribution in [0.1, 0.15) is 22.8 Å². The molecule has 0 atom stereocenters. The number of rotatable bonds is 3. The fraction of sp³-hybridized carbons (Fsp3) is 0.150. The molecule has 114 valence electrons. The summed E-state index contributed by atoms with van der Waals surface area (Å²) in [5.74, 6) is 0.116. The zero-order chi connectivity index (χ0) is 16.0.